The molecule has 0 atom stereocenters. The van der Waals surface area contributed by atoms with Crippen molar-refractivity contribution in [2.24, 2.45) is 17.2 Å². The minimum absolute atomic E-state index is 1.15. The van der Waals surface area contributed by atoms with E-state index >= 15 is 0 Å². The summed E-state index contributed by atoms with van der Waals surface area (Å²) in [6, 6.07) is -3.45. The van der Waals surface area contributed by atoms with Crippen molar-refractivity contribution in [2.45, 2.75) is 0 Å². The summed E-state index contributed by atoms with van der Waals surface area (Å²) in [6.07, 6.45) is 0. The zero-order chi connectivity index (χ0) is 11.4. The number of nitrogens with one attached hydrogen (secondary N) is 3. The van der Waals surface area contributed by atoms with Gasteiger partial charge in [0, 0.05) is 0 Å². The first kappa shape index (κ1) is 12.0. The Labute approximate surface area is 79.2 Å². The second-order valence-electron chi connectivity index (χ2n) is 2.18. The molecule has 0 saturated carbocycles. The molecule has 0 spiro atoms. The van der Waals surface area contributed by atoms with Gasteiger partial charge in [-0.1, -0.05) is 0 Å². The topological polar surface area (TPSA) is 186 Å². The van der Waals surface area contributed by atoms with Crippen molar-refractivity contribution in [3.8, 4) is 0 Å². The van der Waals surface area contributed by atoms with Gasteiger partial charge in [0.15, 0.2) is 0 Å². The zero-order valence-electron chi connectivity index (χ0n) is 6.90. The maximum atomic E-state index is 10.4. The number of nitrogens with two attached hydrogens (primary N) is 3. The van der Waals surface area contributed by atoms with Gasteiger partial charge in [-0.05, 0) is 0 Å². The fourth-order valence-corrected chi connectivity index (χ4v) is 1.89. The molecule has 14 heavy (non-hydrogen) atoms. The van der Waals surface area contributed by atoms with Crippen LogP contribution in [-0.2, 0) is 0 Å². The highest BCUT2D eigenvalue weighted by molar-refractivity contribution is 6.71. The summed E-state index contributed by atoms with van der Waals surface area (Å²) >= 11 is 0. The Morgan fingerprint density at radius 2 is 1.07 bits per heavy atom. The first-order valence-corrected chi connectivity index (χ1v) is 5.15. The first-order valence-electron chi connectivity index (χ1n) is 3.20. The summed E-state index contributed by atoms with van der Waals surface area (Å²) in [6.45, 7) is 0. The highest BCUT2D eigenvalue weighted by Crippen LogP contribution is 1.81. The molecule has 0 fully saturated rings. The van der Waals surface area contributed by atoms with Crippen molar-refractivity contribution in [1.29, 1.82) is 0 Å². The fourth-order valence-electron chi connectivity index (χ4n) is 0.629. The van der Waals surface area contributed by atoms with Gasteiger partial charge in [-0.15, -0.1) is 0 Å². The number of amides is 6. The predicted molar refractivity (Wildman–Crippen MR) is 46.1 cm³/mol. The molecule has 10 nitrogen and oxygen atoms in total. The molecule has 0 rings (SSSR count). The molecule has 0 unspecified atom stereocenters. The van der Waals surface area contributed by atoms with Gasteiger partial charge in [0.25, 0.3) is 0 Å². The average molecular weight is 222 g/mol. The van der Waals surface area contributed by atoms with Crippen LogP contribution < -0.4 is 32.1 Å². The van der Waals surface area contributed by atoms with E-state index in [9.17, 15) is 19.2 Å². The van der Waals surface area contributed by atoms with Gasteiger partial charge in [0.1, 0.15) is 0 Å². The van der Waals surface area contributed by atoms with E-state index in [0.717, 1.165) is 0 Å². The Hall–Kier alpha value is -2.01. The Morgan fingerprint density at radius 3 is 1.21 bits per heavy atom. The van der Waals surface area contributed by atoms with Gasteiger partial charge in [0.2, 0.25) is 0 Å². The van der Waals surface area contributed by atoms with Crippen LogP contribution in [0.3, 0.4) is 0 Å². The fraction of sp³-hybridized carbons (Fsp3) is 0. The number of hydrogen-bond acceptors (Lipinski definition) is 4. The molecule has 0 saturated heterocycles. The van der Waals surface area contributed by atoms with E-state index in [2.05, 4.69) is 17.2 Å². The van der Waals surface area contributed by atoms with Crippen LogP contribution in [-0.4, -0.2) is 31.7 Å². The van der Waals surface area contributed by atoms with E-state index in [0.29, 0.717) is 0 Å². The molecular formula is C3H10N6O4Si. The van der Waals surface area contributed by atoms with E-state index in [1.54, 1.807) is 14.9 Å². The van der Waals surface area contributed by atoms with E-state index in [1.807, 2.05) is 0 Å². The highest BCUT2D eigenvalue weighted by Gasteiger charge is 2.39. The van der Waals surface area contributed by atoms with Gasteiger partial charge in [0.05, 0.1) is 0 Å². The molecule has 0 aliphatic heterocycles. The molecule has 0 radical (unpaired) electrons. The number of carbonyl (C=O) groups excluding carboxylic acids is 3. The van der Waals surface area contributed by atoms with E-state index < -0.39 is 26.9 Å². The Bertz CT molecular complexity index is 227. The summed E-state index contributed by atoms with van der Waals surface area (Å²) < 4.78 is 0. The van der Waals surface area contributed by atoms with E-state index in [4.69, 9.17) is 0 Å². The third-order valence-electron chi connectivity index (χ3n) is 0.912. The van der Waals surface area contributed by atoms with Crippen LogP contribution in [0.25, 0.3) is 0 Å². The van der Waals surface area contributed by atoms with Gasteiger partial charge >= 0.3 is 26.9 Å². The summed E-state index contributed by atoms with van der Waals surface area (Å²) in [5.74, 6) is 0. The number of carbonyl (C=O) groups is 3. The molecular weight excluding hydrogens is 212 g/mol. The van der Waals surface area contributed by atoms with Gasteiger partial charge < -0.3 is 36.9 Å². The molecule has 11 heteroatoms. The molecule has 0 aromatic rings. The molecule has 0 bridgehead atoms. The van der Waals surface area contributed by atoms with Crippen molar-refractivity contribution in [3.63, 3.8) is 0 Å². The minimum Gasteiger partial charge on any atom is -0.383 e. The number of primary amides is 3. The largest absolute Gasteiger partial charge is 0.545 e. The van der Waals surface area contributed by atoms with Crippen molar-refractivity contribution < 1.29 is 19.2 Å². The van der Waals surface area contributed by atoms with Crippen LogP contribution in [0, 0.1) is 0 Å². The smallest absolute Gasteiger partial charge is 0.383 e. The third-order valence-corrected chi connectivity index (χ3v) is 2.74. The van der Waals surface area contributed by atoms with Crippen LogP contribution in [0.4, 0.5) is 14.4 Å². The lowest BCUT2D eigenvalue weighted by molar-refractivity contribution is 0.245. The molecule has 0 aliphatic rings. The van der Waals surface area contributed by atoms with Gasteiger partial charge in [-0.25, -0.2) is 14.4 Å². The minimum atomic E-state index is -4.11. The maximum absolute atomic E-state index is 10.4. The second kappa shape index (κ2) is 4.29. The lowest BCUT2D eigenvalue weighted by atomic mass is 11.2. The lowest BCUT2D eigenvalue weighted by Gasteiger charge is -2.22. The number of rotatable bonds is 3. The zero-order valence-corrected chi connectivity index (χ0v) is 7.90. The van der Waals surface area contributed by atoms with Crippen LogP contribution in [0.2, 0.25) is 0 Å². The van der Waals surface area contributed by atoms with Crippen LogP contribution in [0.5, 0.6) is 0 Å². The SMILES string of the molecule is NC(=O)N[Si](O)(NC(N)=O)NC(N)=O. The lowest BCUT2D eigenvalue weighted by Crippen LogP contribution is -2.78. The first-order chi connectivity index (χ1) is 6.25. The third kappa shape index (κ3) is 4.78. The summed E-state index contributed by atoms with van der Waals surface area (Å²) in [5, 5.41) is 0. The van der Waals surface area contributed by atoms with Gasteiger partial charge in [-0.3, -0.25) is 0 Å². The Morgan fingerprint density at radius 1 is 0.857 bits per heavy atom. The standard InChI is InChI=1S/C3H10N6O4Si/c4-1(10)7-14(13,8-2(5)11)9-3(6)12/h13H,(H3,4,7,10)(H3,5,8,11)(H3,6,9,12). The number of hydrogen-bond donors (Lipinski definition) is 7. The van der Waals surface area contributed by atoms with Crippen molar-refractivity contribution in [2.75, 3.05) is 0 Å². The number of urea groups is 3. The van der Waals surface area contributed by atoms with Crippen molar-refractivity contribution in [3.05, 3.63) is 0 Å². The molecule has 0 heterocycles. The van der Waals surface area contributed by atoms with E-state index in [-0.39, 0.29) is 0 Å². The maximum Gasteiger partial charge on any atom is 0.545 e. The molecule has 80 valence electrons. The van der Waals surface area contributed by atoms with Gasteiger partial charge in [-0.2, -0.15) is 0 Å². The van der Waals surface area contributed by atoms with Crippen LogP contribution >= 0.6 is 0 Å². The monoisotopic (exact) mass is 222 g/mol. The molecule has 0 aromatic carbocycles. The van der Waals surface area contributed by atoms with E-state index in [1.165, 1.54) is 0 Å². The summed E-state index contributed by atoms with van der Waals surface area (Å²) in [4.78, 5) is 45.7. The Kier molecular flexibility index (Phi) is 3.67. The predicted octanol–water partition coefficient (Wildman–Crippen LogP) is -3.58. The van der Waals surface area contributed by atoms with Crippen molar-refractivity contribution in [1.82, 2.24) is 14.9 Å². The second-order valence-corrected chi connectivity index (χ2v) is 4.35. The van der Waals surface area contributed by atoms with Crippen LogP contribution in [0.1, 0.15) is 0 Å². The molecule has 0 aromatic heterocycles. The molecule has 0 aliphatic carbocycles. The normalized spacial score (nSPS) is 10.1. The van der Waals surface area contributed by atoms with Crippen molar-refractivity contribution >= 4 is 26.9 Å². The highest BCUT2D eigenvalue weighted by atomic mass is 28.4. The van der Waals surface area contributed by atoms with Crippen LogP contribution in [0.15, 0.2) is 0 Å². The quantitative estimate of drug-likeness (QED) is 0.243. The summed E-state index contributed by atoms with van der Waals surface area (Å²) in [5.41, 5.74) is 14.0. The average Bonchev–Trinajstić information content (AvgIpc) is 1.76. The molecule has 10 N–H and O–H groups in total. The summed E-state index contributed by atoms with van der Waals surface area (Å²) in [7, 11) is -4.11. The Balaban J connectivity index is 4.56. The molecule has 6 amide bonds.